The highest BCUT2D eigenvalue weighted by atomic mass is 16.5. The van der Waals surface area contributed by atoms with Gasteiger partial charge in [-0.05, 0) is 31.7 Å². The summed E-state index contributed by atoms with van der Waals surface area (Å²) < 4.78 is 5.78. The third kappa shape index (κ3) is 4.81. The topological polar surface area (TPSA) is 38.5 Å². The van der Waals surface area contributed by atoms with Gasteiger partial charge in [0.1, 0.15) is 0 Å². The first-order valence-corrected chi connectivity index (χ1v) is 6.73. The summed E-state index contributed by atoms with van der Waals surface area (Å²) in [5.41, 5.74) is 6.20. The van der Waals surface area contributed by atoms with Gasteiger partial charge in [0, 0.05) is 19.1 Å². The summed E-state index contributed by atoms with van der Waals surface area (Å²) in [6.45, 7) is 10.8. The maximum absolute atomic E-state index is 6.20. The van der Waals surface area contributed by atoms with Crippen LogP contribution in [-0.2, 0) is 4.74 Å². The van der Waals surface area contributed by atoms with E-state index in [0.29, 0.717) is 0 Å². The van der Waals surface area contributed by atoms with Crippen LogP contribution in [0.15, 0.2) is 0 Å². The van der Waals surface area contributed by atoms with Crippen LogP contribution >= 0.6 is 0 Å². The second-order valence-electron chi connectivity index (χ2n) is 5.34. The first kappa shape index (κ1) is 13.9. The molecule has 1 heterocycles. The molecule has 1 rings (SSSR count). The fraction of sp³-hybridized carbons (Fsp3) is 1.00. The molecule has 3 nitrogen and oxygen atoms in total. The second kappa shape index (κ2) is 7.25. The molecule has 0 radical (unpaired) electrons. The summed E-state index contributed by atoms with van der Waals surface area (Å²) in [5, 5.41) is 0. The van der Waals surface area contributed by atoms with Gasteiger partial charge >= 0.3 is 0 Å². The maximum atomic E-state index is 6.20. The van der Waals surface area contributed by atoms with Crippen molar-refractivity contribution in [1.29, 1.82) is 0 Å². The van der Waals surface area contributed by atoms with Crippen molar-refractivity contribution in [2.24, 2.45) is 11.7 Å². The highest BCUT2D eigenvalue weighted by Crippen LogP contribution is 2.14. The highest BCUT2D eigenvalue weighted by molar-refractivity contribution is 4.80. The van der Waals surface area contributed by atoms with E-state index in [2.05, 4.69) is 25.7 Å². The zero-order valence-electron chi connectivity index (χ0n) is 11.1. The average molecular weight is 228 g/mol. The van der Waals surface area contributed by atoms with Gasteiger partial charge in [-0.25, -0.2) is 0 Å². The van der Waals surface area contributed by atoms with Crippen LogP contribution in [0, 0.1) is 5.92 Å². The fourth-order valence-corrected chi connectivity index (χ4v) is 2.22. The largest absolute Gasteiger partial charge is 0.374 e. The lowest BCUT2D eigenvalue weighted by atomic mass is 9.99. The number of ether oxygens (including phenoxy) is 1. The van der Waals surface area contributed by atoms with Crippen LogP contribution in [0.25, 0.3) is 0 Å². The van der Waals surface area contributed by atoms with Crippen molar-refractivity contribution in [3.8, 4) is 0 Å². The maximum Gasteiger partial charge on any atom is 0.0853 e. The van der Waals surface area contributed by atoms with Crippen LogP contribution in [0.4, 0.5) is 0 Å². The number of hydrogen-bond acceptors (Lipinski definition) is 3. The molecule has 0 aromatic carbocycles. The van der Waals surface area contributed by atoms with Crippen LogP contribution < -0.4 is 5.73 Å². The SMILES string of the molecule is CCCN1CCOC(C(N)CCC(C)C)C1. The predicted molar refractivity (Wildman–Crippen MR) is 68.5 cm³/mol. The minimum atomic E-state index is 0.210. The Morgan fingerprint density at radius 2 is 2.12 bits per heavy atom. The van der Waals surface area contributed by atoms with Gasteiger partial charge in [-0.3, -0.25) is 4.90 Å². The summed E-state index contributed by atoms with van der Waals surface area (Å²) in [6.07, 6.45) is 3.75. The first-order chi connectivity index (χ1) is 7.63. The lowest BCUT2D eigenvalue weighted by molar-refractivity contribution is -0.0418. The molecule has 1 aliphatic rings. The Morgan fingerprint density at radius 1 is 1.38 bits per heavy atom. The van der Waals surface area contributed by atoms with Crippen LogP contribution in [0.3, 0.4) is 0 Å². The van der Waals surface area contributed by atoms with Gasteiger partial charge < -0.3 is 10.5 Å². The monoisotopic (exact) mass is 228 g/mol. The van der Waals surface area contributed by atoms with Gasteiger partial charge in [0.25, 0.3) is 0 Å². The van der Waals surface area contributed by atoms with Crippen LogP contribution in [0.5, 0.6) is 0 Å². The van der Waals surface area contributed by atoms with Gasteiger partial charge in [-0.1, -0.05) is 20.8 Å². The summed E-state index contributed by atoms with van der Waals surface area (Å²) >= 11 is 0. The van der Waals surface area contributed by atoms with E-state index in [4.69, 9.17) is 10.5 Å². The zero-order valence-corrected chi connectivity index (χ0v) is 11.1. The van der Waals surface area contributed by atoms with E-state index in [0.717, 1.165) is 32.0 Å². The Hall–Kier alpha value is -0.120. The molecular formula is C13H28N2O. The summed E-state index contributed by atoms with van der Waals surface area (Å²) in [6, 6.07) is 0.210. The molecule has 0 aliphatic carbocycles. The van der Waals surface area contributed by atoms with E-state index in [1.807, 2.05) is 0 Å². The van der Waals surface area contributed by atoms with Crippen molar-refractivity contribution >= 4 is 0 Å². The Labute approximate surface area is 100 Å². The second-order valence-corrected chi connectivity index (χ2v) is 5.34. The minimum Gasteiger partial charge on any atom is -0.374 e. The quantitative estimate of drug-likeness (QED) is 0.754. The average Bonchev–Trinajstić information content (AvgIpc) is 2.26. The zero-order chi connectivity index (χ0) is 12.0. The van der Waals surface area contributed by atoms with Gasteiger partial charge in [0.2, 0.25) is 0 Å². The van der Waals surface area contributed by atoms with Crippen LogP contribution in [-0.4, -0.2) is 43.3 Å². The molecule has 0 amide bonds. The molecule has 2 N–H and O–H groups in total. The number of rotatable bonds is 6. The highest BCUT2D eigenvalue weighted by Gasteiger charge is 2.25. The molecular weight excluding hydrogens is 200 g/mol. The third-order valence-electron chi connectivity index (χ3n) is 3.27. The van der Waals surface area contributed by atoms with E-state index in [1.165, 1.54) is 19.4 Å². The van der Waals surface area contributed by atoms with Crippen molar-refractivity contribution in [2.45, 2.75) is 52.2 Å². The standard InChI is InChI=1S/C13H28N2O/c1-4-7-15-8-9-16-13(10-15)12(14)6-5-11(2)3/h11-13H,4-10,14H2,1-3H3. The van der Waals surface area contributed by atoms with Crippen molar-refractivity contribution in [3.63, 3.8) is 0 Å². The molecule has 96 valence electrons. The van der Waals surface area contributed by atoms with Crippen molar-refractivity contribution < 1.29 is 4.74 Å². The van der Waals surface area contributed by atoms with Crippen LogP contribution in [0.1, 0.15) is 40.0 Å². The Kier molecular flexibility index (Phi) is 6.32. The Bertz CT molecular complexity index is 183. The van der Waals surface area contributed by atoms with Crippen LogP contribution in [0.2, 0.25) is 0 Å². The lowest BCUT2D eigenvalue weighted by Gasteiger charge is -2.35. The molecule has 1 saturated heterocycles. The van der Waals surface area contributed by atoms with E-state index < -0.39 is 0 Å². The molecule has 16 heavy (non-hydrogen) atoms. The molecule has 3 heteroatoms. The molecule has 1 aliphatic heterocycles. The van der Waals surface area contributed by atoms with Gasteiger partial charge in [-0.2, -0.15) is 0 Å². The van der Waals surface area contributed by atoms with Crippen molar-refractivity contribution in [2.75, 3.05) is 26.2 Å². The van der Waals surface area contributed by atoms with Crippen molar-refractivity contribution in [1.82, 2.24) is 4.90 Å². The van der Waals surface area contributed by atoms with Gasteiger partial charge in [-0.15, -0.1) is 0 Å². The third-order valence-corrected chi connectivity index (χ3v) is 3.27. The number of morpholine rings is 1. The first-order valence-electron chi connectivity index (χ1n) is 6.73. The molecule has 2 atom stereocenters. The number of nitrogens with two attached hydrogens (primary N) is 1. The summed E-state index contributed by atoms with van der Waals surface area (Å²) in [5.74, 6) is 0.737. The van der Waals surface area contributed by atoms with E-state index in [9.17, 15) is 0 Å². The molecule has 0 saturated carbocycles. The number of nitrogens with zero attached hydrogens (tertiary/aromatic N) is 1. The molecule has 0 spiro atoms. The Balaban J connectivity index is 2.28. The summed E-state index contributed by atoms with van der Waals surface area (Å²) in [4.78, 5) is 2.48. The molecule has 0 bridgehead atoms. The number of hydrogen-bond donors (Lipinski definition) is 1. The lowest BCUT2D eigenvalue weighted by Crippen LogP contribution is -2.50. The van der Waals surface area contributed by atoms with Crippen molar-refractivity contribution in [3.05, 3.63) is 0 Å². The minimum absolute atomic E-state index is 0.210. The predicted octanol–water partition coefficient (Wildman–Crippen LogP) is 1.86. The fourth-order valence-electron chi connectivity index (χ4n) is 2.22. The van der Waals surface area contributed by atoms with E-state index in [1.54, 1.807) is 0 Å². The molecule has 1 fully saturated rings. The molecule has 2 unspecified atom stereocenters. The van der Waals surface area contributed by atoms with Gasteiger partial charge in [0.05, 0.1) is 12.7 Å². The smallest absolute Gasteiger partial charge is 0.0853 e. The van der Waals surface area contributed by atoms with E-state index in [-0.39, 0.29) is 12.1 Å². The normalized spacial score (nSPS) is 24.9. The molecule has 0 aromatic rings. The van der Waals surface area contributed by atoms with E-state index >= 15 is 0 Å². The Morgan fingerprint density at radius 3 is 2.75 bits per heavy atom. The summed E-state index contributed by atoms with van der Waals surface area (Å²) in [7, 11) is 0. The van der Waals surface area contributed by atoms with Gasteiger partial charge in [0.15, 0.2) is 0 Å². The molecule has 0 aromatic heterocycles.